The molecule has 0 atom stereocenters. The van der Waals surface area contributed by atoms with Gasteiger partial charge in [0.15, 0.2) is 0 Å². The van der Waals surface area contributed by atoms with Gasteiger partial charge in [0.25, 0.3) is 0 Å². The van der Waals surface area contributed by atoms with Gasteiger partial charge in [-0.3, -0.25) is 0 Å². The molecule has 24 heavy (non-hydrogen) atoms. The molecule has 0 aliphatic heterocycles. The summed E-state index contributed by atoms with van der Waals surface area (Å²) in [6, 6.07) is 12.4. The molecule has 0 unspecified atom stereocenters. The van der Waals surface area contributed by atoms with E-state index in [-0.39, 0.29) is 0 Å². The fraction of sp³-hybridized carbons (Fsp3) is 0. The first kappa shape index (κ1) is 17.9. The third kappa shape index (κ3) is 3.52. The molecule has 0 saturated heterocycles. The van der Waals surface area contributed by atoms with E-state index >= 15 is 0 Å². The summed E-state index contributed by atoms with van der Waals surface area (Å²) in [6.45, 7) is 0. The average Bonchev–Trinajstić information content (AvgIpc) is 2.50. The summed E-state index contributed by atoms with van der Waals surface area (Å²) in [5.41, 5.74) is 2.06. The first-order chi connectivity index (χ1) is 11.4. The van der Waals surface area contributed by atoms with Gasteiger partial charge in [-0.1, -0.05) is 55.1 Å². The van der Waals surface area contributed by atoms with Crippen molar-refractivity contribution >= 4 is 55.1 Å². The molecular weight excluding hydrogens is 485 g/mol. The fourth-order valence-electron chi connectivity index (χ4n) is 2.38. The van der Waals surface area contributed by atoms with Gasteiger partial charge in [-0.25, -0.2) is 8.78 Å². The predicted octanol–water partition coefficient (Wildman–Crippen LogP) is 8.13. The average molecular weight is 493 g/mol. The number of rotatable bonds is 2. The molecule has 0 bridgehead atoms. The lowest BCUT2D eigenvalue weighted by atomic mass is 9.99. The molecule has 0 saturated carbocycles. The van der Waals surface area contributed by atoms with Crippen LogP contribution in [0.5, 0.6) is 0 Å². The van der Waals surface area contributed by atoms with Crippen LogP contribution >= 0.6 is 55.1 Å². The lowest BCUT2D eigenvalue weighted by Gasteiger charge is -2.12. The highest BCUT2D eigenvalue weighted by Gasteiger charge is 2.15. The Bertz CT molecular complexity index is 865. The molecule has 6 heteroatoms. The number of hydrogen-bond acceptors (Lipinski definition) is 0. The van der Waals surface area contributed by atoms with E-state index in [4.69, 9.17) is 23.2 Å². The summed E-state index contributed by atoms with van der Waals surface area (Å²) in [7, 11) is 0. The van der Waals surface area contributed by atoms with E-state index in [1.54, 1.807) is 36.4 Å². The molecule has 0 spiro atoms. The van der Waals surface area contributed by atoms with Crippen LogP contribution in [0.3, 0.4) is 0 Å². The Morgan fingerprint density at radius 3 is 1.29 bits per heavy atom. The summed E-state index contributed by atoms with van der Waals surface area (Å²) < 4.78 is 29.6. The van der Waals surface area contributed by atoms with Crippen LogP contribution in [-0.4, -0.2) is 0 Å². The van der Waals surface area contributed by atoms with Gasteiger partial charge in [0.2, 0.25) is 0 Å². The molecule has 3 aromatic rings. The maximum absolute atomic E-state index is 14.2. The second-order valence-electron chi connectivity index (χ2n) is 5.06. The quantitative estimate of drug-likeness (QED) is 0.339. The van der Waals surface area contributed by atoms with Crippen LogP contribution in [-0.2, 0) is 0 Å². The normalized spacial score (nSPS) is 10.9. The molecule has 122 valence electrons. The lowest BCUT2D eigenvalue weighted by Crippen LogP contribution is -1.90. The highest BCUT2D eigenvalue weighted by Crippen LogP contribution is 2.40. The van der Waals surface area contributed by atoms with E-state index in [0.717, 1.165) is 0 Å². The Hall–Kier alpha value is -0.940. The van der Waals surface area contributed by atoms with Crippen molar-refractivity contribution in [2.75, 3.05) is 0 Å². The highest BCUT2D eigenvalue weighted by molar-refractivity contribution is 9.11. The van der Waals surface area contributed by atoms with Crippen molar-refractivity contribution in [3.8, 4) is 22.3 Å². The van der Waals surface area contributed by atoms with Crippen LogP contribution in [0.2, 0.25) is 10.0 Å². The third-order valence-corrected chi connectivity index (χ3v) is 5.28. The van der Waals surface area contributed by atoms with E-state index in [2.05, 4.69) is 31.9 Å². The first-order valence-corrected chi connectivity index (χ1v) is 9.11. The van der Waals surface area contributed by atoms with Crippen molar-refractivity contribution < 1.29 is 8.78 Å². The zero-order valence-corrected chi connectivity index (χ0v) is 16.6. The van der Waals surface area contributed by atoms with Crippen molar-refractivity contribution in [2.45, 2.75) is 0 Å². The van der Waals surface area contributed by atoms with Crippen LogP contribution in [0.25, 0.3) is 22.3 Å². The molecular formula is C18H8Br2Cl2F2. The van der Waals surface area contributed by atoms with Gasteiger partial charge in [-0.2, -0.15) is 0 Å². The van der Waals surface area contributed by atoms with E-state index < -0.39 is 11.6 Å². The summed E-state index contributed by atoms with van der Waals surface area (Å²) in [4.78, 5) is 0. The molecule has 0 aliphatic rings. The van der Waals surface area contributed by atoms with Crippen LogP contribution in [0.1, 0.15) is 0 Å². The Kier molecular flexibility index (Phi) is 5.30. The predicted molar refractivity (Wildman–Crippen MR) is 103 cm³/mol. The number of hydrogen-bond donors (Lipinski definition) is 0. The molecule has 0 heterocycles. The smallest absolute Gasteiger partial charge is 0.132 e. The Balaban J connectivity index is 2.15. The van der Waals surface area contributed by atoms with Crippen molar-refractivity contribution in [2.24, 2.45) is 0 Å². The van der Waals surface area contributed by atoms with Crippen molar-refractivity contribution in [3.63, 3.8) is 0 Å². The summed E-state index contributed by atoms with van der Waals surface area (Å²) >= 11 is 18.5. The van der Waals surface area contributed by atoms with Gasteiger partial charge in [-0.15, -0.1) is 0 Å². The second kappa shape index (κ2) is 7.12. The monoisotopic (exact) mass is 490 g/mol. The van der Waals surface area contributed by atoms with Crippen molar-refractivity contribution in [1.82, 2.24) is 0 Å². The van der Waals surface area contributed by atoms with Gasteiger partial charge < -0.3 is 0 Å². The third-order valence-electron chi connectivity index (χ3n) is 3.50. The molecule has 0 fully saturated rings. The van der Waals surface area contributed by atoms with Crippen molar-refractivity contribution in [3.05, 3.63) is 79.2 Å². The molecule has 0 aromatic heterocycles. The van der Waals surface area contributed by atoms with E-state index in [0.29, 0.717) is 41.2 Å². The van der Waals surface area contributed by atoms with E-state index in [1.807, 2.05) is 0 Å². The Labute approximate surface area is 164 Å². The molecule has 0 amide bonds. The largest absolute Gasteiger partial charge is 0.206 e. The number of benzene rings is 3. The fourth-order valence-corrected chi connectivity index (χ4v) is 3.81. The van der Waals surface area contributed by atoms with Crippen molar-refractivity contribution in [1.29, 1.82) is 0 Å². The van der Waals surface area contributed by atoms with E-state index in [9.17, 15) is 8.78 Å². The summed E-state index contributed by atoms with van der Waals surface area (Å²) in [5, 5.41) is 0.651. The van der Waals surface area contributed by atoms with Gasteiger partial charge >= 0.3 is 0 Å². The maximum atomic E-state index is 14.2. The second-order valence-corrected chi connectivity index (χ2v) is 7.64. The van der Waals surface area contributed by atoms with Crippen LogP contribution in [0.15, 0.2) is 57.5 Å². The lowest BCUT2D eigenvalue weighted by molar-refractivity contribution is 0.630. The van der Waals surface area contributed by atoms with Gasteiger partial charge in [0.05, 0.1) is 0 Å². The molecule has 0 aliphatic carbocycles. The molecule has 3 rings (SSSR count). The minimum atomic E-state index is -0.430. The summed E-state index contributed by atoms with van der Waals surface area (Å²) in [6.07, 6.45) is 0. The summed E-state index contributed by atoms with van der Waals surface area (Å²) in [5.74, 6) is -0.860. The molecule has 0 radical (unpaired) electrons. The zero-order chi connectivity index (χ0) is 17.4. The Morgan fingerprint density at radius 1 is 0.583 bits per heavy atom. The van der Waals surface area contributed by atoms with E-state index in [1.165, 1.54) is 12.1 Å². The molecule has 0 N–H and O–H groups in total. The zero-order valence-electron chi connectivity index (χ0n) is 11.9. The van der Waals surface area contributed by atoms with Crippen LogP contribution in [0.4, 0.5) is 8.78 Å². The van der Waals surface area contributed by atoms with Gasteiger partial charge in [0.1, 0.15) is 11.6 Å². The Morgan fingerprint density at radius 2 is 0.958 bits per heavy atom. The van der Waals surface area contributed by atoms with Crippen LogP contribution in [0, 0.1) is 11.6 Å². The SMILES string of the molecule is Fc1cc(Cl)ccc1-c1cc(Br)c(-c2ccc(Cl)cc2F)cc1Br. The number of halogens is 6. The van der Waals surface area contributed by atoms with Crippen LogP contribution < -0.4 is 0 Å². The highest BCUT2D eigenvalue weighted by atomic mass is 79.9. The van der Waals surface area contributed by atoms with Gasteiger partial charge in [-0.05, 0) is 59.7 Å². The minimum Gasteiger partial charge on any atom is -0.206 e. The molecule has 3 aromatic carbocycles. The van der Waals surface area contributed by atoms with Gasteiger partial charge in [0, 0.05) is 30.1 Å². The minimum absolute atomic E-state index is 0.325. The topological polar surface area (TPSA) is 0 Å². The first-order valence-electron chi connectivity index (χ1n) is 6.76. The maximum Gasteiger partial charge on any atom is 0.132 e. The molecule has 0 nitrogen and oxygen atoms in total. The standard InChI is InChI=1S/C18H8Br2Cl2F2/c19-15-8-14(12-4-2-10(22)6-18(12)24)16(20)7-13(15)11-3-1-9(21)5-17(11)23/h1-8H.